The van der Waals surface area contributed by atoms with E-state index < -0.39 is 6.10 Å². The summed E-state index contributed by atoms with van der Waals surface area (Å²) >= 11 is 6.07. The second-order valence-corrected chi connectivity index (χ2v) is 5.25. The van der Waals surface area contributed by atoms with E-state index in [-0.39, 0.29) is 0 Å². The van der Waals surface area contributed by atoms with Crippen LogP contribution in [0.5, 0.6) is 0 Å². The van der Waals surface area contributed by atoms with Crippen LogP contribution in [0, 0.1) is 0 Å². The number of furan rings is 1. The van der Waals surface area contributed by atoms with Crippen molar-refractivity contribution in [2.75, 3.05) is 0 Å². The summed E-state index contributed by atoms with van der Waals surface area (Å²) in [7, 11) is 0. The number of hydrogen-bond acceptors (Lipinski definition) is 2. The van der Waals surface area contributed by atoms with Gasteiger partial charge in [-0.05, 0) is 30.5 Å². The predicted octanol–water partition coefficient (Wildman–Crippen LogP) is 4.75. The van der Waals surface area contributed by atoms with Crippen molar-refractivity contribution in [2.45, 2.75) is 18.9 Å². The molecule has 2 aromatic carbocycles. The summed E-state index contributed by atoms with van der Waals surface area (Å²) in [6.45, 7) is 0. The standard InChI is InChI=1S/C17H15ClO2/c18-14-8-4-7-13-11-16(20-17(13)14)15(19)10-9-12-5-2-1-3-6-12/h1-8,11,15,19H,9-10H2. The lowest BCUT2D eigenvalue weighted by Gasteiger charge is -2.07. The van der Waals surface area contributed by atoms with Crippen LogP contribution < -0.4 is 0 Å². The van der Waals surface area contributed by atoms with Crippen LogP contribution in [-0.4, -0.2) is 5.11 Å². The zero-order chi connectivity index (χ0) is 13.9. The minimum atomic E-state index is -0.612. The molecule has 1 aromatic heterocycles. The maximum atomic E-state index is 10.2. The number of aliphatic hydroxyl groups excluding tert-OH is 1. The van der Waals surface area contributed by atoms with Gasteiger partial charge in [0, 0.05) is 5.39 Å². The van der Waals surface area contributed by atoms with Gasteiger partial charge in [0.05, 0.1) is 5.02 Å². The smallest absolute Gasteiger partial charge is 0.152 e. The molecule has 3 aromatic rings. The number of aliphatic hydroxyl groups is 1. The van der Waals surface area contributed by atoms with Crippen LogP contribution in [0.2, 0.25) is 5.02 Å². The number of benzene rings is 2. The number of aryl methyl sites for hydroxylation is 1. The zero-order valence-electron chi connectivity index (χ0n) is 10.9. The third-order valence-corrected chi connectivity index (χ3v) is 3.69. The van der Waals surface area contributed by atoms with Crippen LogP contribution in [-0.2, 0) is 6.42 Å². The van der Waals surface area contributed by atoms with Gasteiger partial charge in [0.1, 0.15) is 11.9 Å². The molecule has 3 heteroatoms. The minimum absolute atomic E-state index is 0.573. The lowest BCUT2D eigenvalue weighted by molar-refractivity contribution is 0.143. The van der Waals surface area contributed by atoms with Crippen LogP contribution >= 0.6 is 11.6 Å². The maximum Gasteiger partial charge on any atom is 0.152 e. The largest absolute Gasteiger partial charge is 0.457 e. The average Bonchev–Trinajstić information content (AvgIpc) is 2.91. The summed E-state index contributed by atoms with van der Waals surface area (Å²) in [5.41, 5.74) is 1.85. The summed E-state index contributed by atoms with van der Waals surface area (Å²) in [5.74, 6) is 0.573. The third-order valence-electron chi connectivity index (χ3n) is 3.39. The van der Waals surface area contributed by atoms with E-state index in [4.69, 9.17) is 16.0 Å². The maximum absolute atomic E-state index is 10.2. The SMILES string of the molecule is OC(CCc1ccccc1)c1cc2cccc(Cl)c2o1. The number of rotatable bonds is 4. The second kappa shape index (κ2) is 5.70. The molecule has 0 spiro atoms. The number of fused-ring (bicyclic) bond motifs is 1. The van der Waals surface area contributed by atoms with E-state index in [2.05, 4.69) is 12.1 Å². The highest BCUT2D eigenvalue weighted by molar-refractivity contribution is 6.34. The molecule has 0 aliphatic carbocycles. The van der Waals surface area contributed by atoms with Crippen molar-refractivity contribution < 1.29 is 9.52 Å². The molecule has 0 radical (unpaired) electrons. The molecule has 0 saturated carbocycles. The predicted molar refractivity (Wildman–Crippen MR) is 80.9 cm³/mol. The molecule has 1 N–H and O–H groups in total. The van der Waals surface area contributed by atoms with Crippen LogP contribution in [0.15, 0.2) is 59.0 Å². The Labute approximate surface area is 122 Å². The number of halogens is 1. The van der Waals surface area contributed by atoms with E-state index in [9.17, 15) is 5.11 Å². The summed E-state index contributed by atoms with van der Waals surface area (Å²) < 4.78 is 5.67. The highest BCUT2D eigenvalue weighted by Crippen LogP contribution is 2.30. The van der Waals surface area contributed by atoms with E-state index >= 15 is 0 Å². The van der Waals surface area contributed by atoms with Gasteiger partial charge in [-0.2, -0.15) is 0 Å². The topological polar surface area (TPSA) is 33.4 Å². The van der Waals surface area contributed by atoms with Gasteiger partial charge in [-0.15, -0.1) is 0 Å². The molecule has 3 rings (SSSR count). The van der Waals surface area contributed by atoms with Crippen molar-refractivity contribution >= 4 is 22.6 Å². The van der Waals surface area contributed by atoms with Crippen molar-refractivity contribution in [3.05, 3.63) is 70.9 Å². The highest BCUT2D eigenvalue weighted by Gasteiger charge is 2.14. The van der Waals surface area contributed by atoms with Crippen LogP contribution in [0.25, 0.3) is 11.0 Å². The first-order chi connectivity index (χ1) is 9.74. The molecule has 0 amide bonds. The van der Waals surface area contributed by atoms with E-state index in [1.807, 2.05) is 36.4 Å². The van der Waals surface area contributed by atoms with Crippen LogP contribution in [0.3, 0.4) is 0 Å². The van der Waals surface area contributed by atoms with E-state index in [0.717, 1.165) is 11.8 Å². The lowest BCUT2D eigenvalue weighted by Crippen LogP contribution is -1.97. The fraction of sp³-hybridized carbons (Fsp3) is 0.176. The summed E-state index contributed by atoms with van der Waals surface area (Å²) in [4.78, 5) is 0. The monoisotopic (exact) mass is 286 g/mol. The average molecular weight is 287 g/mol. The molecule has 0 aliphatic heterocycles. The molecule has 0 bridgehead atoms. The van der Waals surface area contributed by atoms with Gasteiger partial charge in [-0.3, -0.25) is 0 Å². The Morgan fingerprint density at radius 1 is 1.05 bits per heavy atom. The Kier molecular flexibility index (Phi) is 3.77. The number of para-hydroxylation sites is 1. The van der Waals surface area contributed by atoms with Crippen molar-refractivity contribution in [2.24, 2.45) is 0 Å². The molecule has 1 unspecified atom stereocenters. The van der Waals surface area contributed by atoms with Crippen LogP contribution in [0.1, 0.15) is 23.8 Å². The zero-order valence-corrected chi connectivity index (χ0v) is 11.7. The molecule has 0 aliphatic rings. The van der Waals surface area contributed by atoms with Crippen molar-refractivity contribution in [3.8, 4) is 0 Å². The first kappa shape index (κ1) is 13.2. The van der Waals surface area contributed by atoms with Gasteiger partial charge in [0.15, 0.2) is 5.58 Å². The second-order valence-electron chi connectivity index (χ2n) is 4.85. The Morgan fingerprint density at radius 2 is 1.85 bits per heavy atom. The normalized spacial score (nSPS) is 12.7. The molecule has 102 valence electrons. The van der Waals surface area contributed by atoms with Gasteiger partial charge < -0.3 is 9.52 Å². The van der Waals surface area contributed by atoms with Gasteiger partial charge in [0.25, 0.3) is 0 Å². The minimum Gasteiger partial charge on any atom is -0.457 e. The fourth-order valence-electron chi connectivity index (χ4n) is 2.30. The molecular weight excluding hydrogens is 272 g/mol. The van der Waals surface area contributed by atoms with E-state index in [1.54, 1.807) is 6.07 Å². The molecule has 1 atom stereocenters. The number of hydrogen-bond donors (Lipinski definition) is 1. The first-order valence-electron chi connectivity index (χ1n) is 6.64. The molecular formula is C17H15ClO2. The molecule has 20 heavy (non-hydrogen) atoms. The van der Waals surface area contributed by atoms with E-state index in [1.165, 1.54) is 5.56 Å². The Hall–Kier alpha value is -1.77. The molecule has 0 fully saturated rings. The molecule has 1 heterocycles. The first-order valence-corrected chi connectivity index (χ1v) is 7.02. The fourth-order valence-corrected chi connectivity index (χ4v) is 2.52. The van der Waals surface area contributed by atoms with Gasteiger partial charge in [-0.1, -0.05) is 54.1 Å². The highest BCUT2D eigenvalue weighted by atomic mass is 35.5. The van der Waals surface area contributed by atoms with Crippen molar-refractivity contribution in [3.63, 3.8) is 0 Å². The summed E-state index contributed by atoms with van der Waals surface area (Å²) in [5, 5.41) is 11.7. The van der Waals surface area contributed by atoms with E-state index in [0.29, 0.717) is 22.8 Å². The van der Waals surface area contributed by atoms with Gasteiger partial charge in [-0.25, -0.2) is 0 Å². The van der Waals surface area contributed by atoms with Crippen molar-refractivity contribution in [1.82, 2.24) is 0 Å². The van der Waals surface area contributed by atoms with Crippen molar-refractivity contribution in [1.29, 1.82) is 0 Å². The summed E-state index contributed by atoms with van der Waals surface area (Å²) in [6.07, 6.45) is 0.826. The summed E-state index contributed by atoms with van der Waals surface area (Å²) in [6, 6.07) is 17.6. The third kappa shape index (κ3) is 2.72. The molecule has 2 nitrogen and oxygen atoms in total. The van der Waals surface area contributed by atoms with Crippen LogP contribution in [0.4, 0.5) is 0 Å². The van der Waals surface area contributed by atoms with Gasteiger partial charge in [0.2, 0.25) is 0 Å². The quantitative estimate of drug-likeness (QED) is 0.750. The van der Waals surface area contributed by atoms with Gasteiger partial charge >= 0.3 is 0 Å². The lowest BCUT2D eigenvalue weighted by atomic mass is 10.1. The Bertz CT molecular complexity index is 703. The Balaban J connectivity index is 1.75. The molecule has 0 saturated heterocycles. The Morgan fingerprint density at radius 3 is 2.60 bits per heavy atom.